The van der Waals surface area contributed by atoms with Crippen LogP contribution in [0.4, 0.5) is 0 Å². The van der Waals surface area contributed by atoms with Crippen molar-refractivity contribution in [2.75, 3.05) is 7.11 Å². The Morgan fingerprint density at radius 1 is 1.11 bits per heavy atom. The molecule has 0 aliphatic heterocycles. The van der Waals surface area contributed by atoms with Crippen LogP contribution in [0.2, 0.25) is 0 Å². The van der Waals surface area contributed by atoms with Crippen molar-refractivity contribution in [3.63, 3.8) is 0 Å². The van der Waals surface area contributed by atoms with Crippen LogP contribution in [-0.4, -0.2) is 12.9 Å². The summed E-state index contributed by atoms with van der Waals surface area (Å²) >= 11 is 0. The maximum absolute atomic E-state index is 11.4. The molecule has 0 aliphatic carbocycles. The molecular formula is C16H16O2. The standard InChI is InChI=1S/C16H16O2/c1-11-7-8-13(12(2)17)10-16(11)14-5-4-6-15(9-14)18-3/h4-10H,1-3H3. The Kier molecular flexibility index (Phi) is 3.47. The molecular weight excluding hydrogens is 224 g/mol. The quantitative estimate of drug-likeness (QED) is 0.761. The number of hydrogen-bond acceptors (Lipinski definition) is 2. The highest BCUT2D eigenvalue weighted by Gasteiger charge is 2.06. The predicted molar refractivity (Wildman–Crippen MR) is 73.2 cm³/mol. The van der Waals surface area contributed by atoms with Crippen molar-refractivity contribution >= 4 is 5.78 Å². The summed E-state index contributed by atoms with van der Waals surface area (Å²) in [4.78, 5) is 11.4. The zero-order valence-electron chi connectivity index (χ0n) is 10.9. The fourth-order valence-electron chi connectivity index (χ4n) is 1.94. The summed E-state index contributed by atoms with van der Waals surface area (Å²) in [6.07, 6.45) is 0. The van der Waals surface area contributed by atoms with E-state index in [1.54, 1.807) is 14.0 Å². The second kappa shape index (κ2) is 5.05. The van der Waals surface area contributed by atoms with E-state index in [0.29, 0.717) is 0 Å². The highest BCUT2D eigenvalue weighted by molar-refractivity contribution is 5.95. The molecule has 2 nitrogen and oxygen atoms in total. The summed E-state index contributed by atoms with van der Waals surface area (Å²) in [6, 6.07) is 13.6. The molecule has 2 aromatic carbocycles. The van der Waals surface area contributed by atoms with Gasteiger partial charge in [0.1, 0.15) is 5.75 Å². The van der Waals surface area contributed by atoms with Gasteiger partial charge in [0.15, 0.2) is 5.78 Å². The van der Waals surface area contributed by atoms with E-state index in [-0.39, 0.29) is 5.78 Å². The first-order chi connectivity index (χ1) is 8.61. The number of hydrogen-bond donors (Lipinski definition) is 0. The van der Waals surface area contributed by atoms with Gasteiger partial charge in [0.05, 0.1) is 7.11 Å². The average Bonchev–Trinajstić information content (AvgIpc) is 2.39. The third-order valence-corrected chi connectivity index (χ3v) is 3.02. The van der Waals surface area contributed by atoms with Crippen LogP contribution in [0.15, 0.2) is 42.5 Å². The molecule has 2 heteroatoms. The Balaban J connectivity index is 2.54. The van der Waals surface area contributed by atoms with Gasteiger partial charge in [-0.15, -0.1) is 0 Å². The van der Waals surface area contributed by atoms with Crippen LogP contribution in [0, 0.1) is 6.92 Å². The van der Waals surface area contributed by atoms with Crippen molar-refractivity contribution in [2.24, 2.45) is 0 Å². The van der Waals surface area contributed by atoms with Crippen LogP contribution in [-0.2, 0) is 0 Å². The maximum Gasteiger partial charge on any atom is 0.159 e. The van der Waals surface area contributed by atoms with Crippen molar-refractivity contribution < 1.29 is 9.53 Å². The molecule has 0 fully saturated rings. The lowest BCUT2D eigenvalue weighted by atomic mass is 9.97. The number of methoxy groups -OCH3 is 1. The van der Waals surface area contributed by atoms with Crippen LogP contribution < -0.4 is 4.74 Å². The molecule has 0 amide bonds. The number of aryl methyl sites for hydroxylation is 1. The minimum absolute atomic E-state index is 0.0825. The van der Waals surface area contributed by atoms with Gasteiger partial charge in [-0.2, -0.15) is 0 Å². The zero-order chi connectivity index (χ0) is 13.1. The predicted octanol–water partition coefficient (Wildman–Crippen LogP) is 3.87. The first kappa shape index (κ1) is 12.4. The lowest BCUT2D eigenvalue weighted by Gasteiger charge is -2.09. The SMILES string of the molecule is COc1cccc(-c2cc(C(C)=O)ccc2C)c1. The number of Topliss-reactive ketones (excluding diaryl/α,β-unsaturated/α-hetero) is 1. The normalized spacial score (nSPS) is 10.2. The zero-order valence-corrected chi connectivity index (χ0v) is 10.9. The van der Waals surface area contributed by atoms with E-state index in [1.807, 2.05) is 49.4 Å². The minimum atomic E-state index is 0.0825. The molecule has 0 saturated heterocycles. The molecule has 0 aromatic heterocycles. The number of ketones is 1. The van der Waals surface area contributed by atoms with Crippen LogP contribution in [0.25, 0.3) is 11.1 Å². The fourth-order valence-corrected chi connectivity index (χ4v) is 1.94. The number of carbonyl (C=O) groups is 1. The third kappa shape index (κ3) is 2.43. The van der Waals surface area contributed by atoms with E-state index < -0.39 is 0 Å². The molecule has 0 heterocycles. The van der Waals surface area contributed by atoms with E-state index in [0.717, 1.165) is 28.0 Å². The highest BCUT2D eigenvalue weighted by atomic mass is 16.5. The summed E-state index contributed by atoms with van der Waals surface area (Å²) in [6.45, 7) is 3.62. The largest absolute Gasteiger partial charge is 0.497 e. The fraction of sp³-hybridized carbons (Fsp3) is 0.188. The van der Waals surface area contributed by atoms with Crippen molar-refractivity contribution in [1.29, 1.82) is 0 Å². The van der Waals surface area contributed by atoms with Crippen molar-refractivity contribution in [1.82, 2.24) is 0 Å². The van der Waals surface area contributed by atoms with E-state index in [1.165, 1.54) is 0 Å². The second-order valence-corrected chi connectivity index (χ2v) is 4.32. The van der Waals surface area contributed by atoms with E-state index >= 15 is 0 Å². The Hall–Kier alpha value is -2.09. The summed E-state index contributed by atoms with van der Waals surface area (Å²) < 4.78 is 5.23. The molecule has 0 radical (unpaired) electrons. The van der Waals surface area contributed by atoms with Gasteiger partial charge in [-0.05, 0) is 48.7 Å². The maximum atomic E-state index is 11.4. The molecule has 0 saturated carbocycles. The molecule has 0 spiro atoms. The summed E-state index contributed by atoms with van der Waals surface area (Å²) in [5.41, 5.74) is 4.02. The topological polar surface area (TPSA) is 26.3 Å². The highest BCUT2D eigenvalue weighted by Crippen LogP contribution is 2.27. The van der Waals surface area contributed by atoms with Crippen LogP contribution in [0.3, 0.4) is 0 Å². The minimum Gasteiger partial charge on any atom is -0.497 e. The molecule has 0 aliphatic rings. The Morgan fingerprint density at radius 3 is 2.56 bits per heavy atom. The molecule has 18 heavy (non-hydrogen) atoms. The summed E-state index contributed by atoms with van der Waals surface area (Å²) in [5.74, 6) is 0.902. The van der Waals surface area contributed by atoms with Gasteiger partial charge in [-0.25, -0.2) is 0 Å². The number of rotatable bonds is 3. The Labute approximate surface area is 107 Å². The lowest BCUT2D eigenvalue weighted by molar-refractivity contribution is 0.101. The van der Waals surface area contributed by atoms with Crippen LogP contribution in [0.1, 0.15) is 22.8 Å². The summed E-state index contributed by atoms with van der Waals surface area (Å²) in [7, 11) is 1.65. The Bertz CT molecular complexity index is 585. The number of benzene rings is 2. The first-order valence-electron chi connectivity index (χ1n) is 5.88. The van der Waals surface area contributed by atoms with E-state index in [4.69, 9.17) is 4.74 Å². The molecule has 0 unspecified atom stereocenters. The molecule has 2 rings (SSSR count). The van der Waals surface area contributed by atoms with Gasteiger partial charge < -0.3 is 4.74 Å². The molecule has 92 valence electrons. The van der Waals surface area contributed by atoms with Crippen molar-refractivity contribution in [2.45, 2.75) is 13.8 Å². The lowest BCUT2D eigenvalue weighted by Crippen LogP contribution is -1.94. The molecule has 0 N–H and O–H groups in total. The van der Waals surface area contributed by atoms with Gasteiger partial charge in [0.2, 0.25) is 0 Å². The molecule has 0 bridgehead atoms. The van der Waals surface area contributed by atoms with Gasteiger partial charge in [0, 0.05) is 5.56 Å². The third-order valence-electron chi connectivity index (χ3n) is 3.02. The van der Waals surface area contributed by atoms with Gasteiger partial charge in [-0.1, -0.05) is 24.3 Å². The van der Waals surface area contributed by atoms with E-state index in [9.17, 15) is 4.79 Å². The Morgan fingerprint density at radius 2 is 1.89 bits per heavy atom. The monoisotopic (exact) mass is 240 g/mol. The molecule has 0 atom stereocenters. The van der Waals surface area contributed by atoms with Crippen LogP contribution >= 0.6 is 0 Å². The summed E-state index contributed by atoms with van der Waals surface area (Å²) in [5, 5.41) is 0. The second-order valence-electron chi connectivity index (χ2n) is 4.32. The van der Waals surface area contributed by atoms with Gasteiger partial charge >= 0.3 is 0 Å². The van der Waals surface area contributed by atoms with Crippen molar-refractivity contribution in [3.8, 4) is 16.9 Å². The van der Waals surface area contributed by atoms with Crippen molar-refractivity contribution in [3.05, 3.63) is 53.6 Å². The average molecular weight is 240 g/mol. The first-order valence-corrected chi connectivity index (χ1v) is 5.88. The van der Waals surface area contributed by atoms with Crippen LogP contribution in [0.5, 0.6) is 5.75 Å². The van der Waals surface area contributed by atoms with Gasteiger partial charge in [0.25, 0.3) is 0 Å². The number of ether oxygens (including phenoxy) is 1. The number of carbonyl (C=O) groups excluding carboxylic acids is 1. The molecule has 2 aromatic rings. The van der Waals surface area contributed by atoms with Gasteiger partial charge in [-0.3, -0.25) is 4.79 Å². The smallest absolute Gasteiger partial charge is 0.159 e. The van der Waals surface area contributed by atoms with E-state index in [2.05, 4.69) is 0 Å².